The maximum absolute atomic E-state index is 14.0. The molecule has 2 aliphatic rings. The first kappa shape index (κ1) is 29.9. The van der Waals surface area contributed by atoms with Crippen molar-refractivity contribution in [3.8, 4) is 0 Å². The van der Waals surface area contributed by atoms with Gasteiger partial charge in [0.15, 0.2) is 11.5 Å². The van der Waals surface area contributed by atoms with E-state index in [2.05, 4.69) is 10.2 Å². The highest BCUT2D eigenvalue weighted by Crippen LogP contribution is 2.33. The number of alkyl carbamates (subject to hydrolysis) is 1. The molecule has 0 radical (unpaired) electrons. The number of hydrogen-bond acceptors (Lipinski definition) is 7. The van der Waals surface area contributed by atoms with Gasteiger partial charge < -0.3 is 24.6 Å². The van der Waals surface area contributed by atoms with Gasteiger partial charge in [-0.3, -0.25) is 9.59 Å². The molecule has 1 aromatic carbocycles. The molecule has 2 aliphatic heterocycles. The van der Waals surface area contributed by atoms with Gasteiger partial charge in [-0.25, -0.2) is 9.48 Å². The van der Waals surface area contributed by atoms with Crippen LogP contribution in [0, 0.1) is 0 Å². The normalized spacial score (nSPS) is 19.6. The van der Waals surface area contributed by atoms with Crippen LogP contribution in [-0.2, 0) is 27.4 Å². The predicted octanol–water partition coefficient (Wildman–Crippen LogP) is 4.42. The second-order valence-electron chi connectivity index (χ2n) is 11.5. The number of ketones is 1. The second kappa shape index (κ2) is 12.6. The SMILES string of the molecule is COCn1nc(C(=O)N2CCC[C@H]2C(C)=O)c(Cc2ccccc2Cl)c1N1CCC[C@@H](NC(=O)OC(C)(C)C)C1. The Labute approximate surface area is 240 Å². The molecule has 0 bridgehead atoms. The molecule has 1 aromatic heterocycles. The standard InChI is InChI=1S/C29H40ClN5O5/c1-19(36)24-13-9-15-34(24)27(37)25-22(16-20-10-6-7-12-23(20)30)26(35(32-25)18-39-5)33-14-8-11-21(17-33)31-28(38)40-29(2,3)4/h6-7,10,12,21,24H,8-9,11,13-18H2,1-5H3,(H,31,38)/t21-,24+/m1/s1. The maximum atomic E-state index is 14.0. The number of amides is 2. The van der Waals surface area contributed by atoms with Crippen molar-refractivity contribution in [3.05, 3.63) is 46.1 Å². The molecule has 1 N–H and O–H groups in total. The largest absolute Gasteiger partial charge is 0.444 e. The molecule has 11 heteroatoms. The summed E-state index contributed by atoms with van der Waals surface area (Å²) in [5.41, 5.74) is 1.28. The summed E-state index contributed by atoms with van der Waals surface area (Å²) >= 11 is 6.57. The van der Waals surface area contributed by atoms with Crippen LogP contribution < -0.4 is 10.2 Å². The van der Waals surface area contributed by atoms with Crippen molar-refractivity contribution in [2.75, 3.05) is 31.6 Å². The van der Waals surface area contributed by atoms with E-state index in [-0.39, 0.29) is 24.5 Å². The Kier molecular flexibility index (Phi) is 9.41. The van der Waals surface area contributed by atoms with Crippen LogP contribution in [0.3, 0.4) is 0 Å². The molecule has 2 amide bonds. The number of methoxy groups -OCH3 is 1. The summed E-state index contributed by atoms with van der Waals surface area (Å²) in [5, 5.41) is 8.36. The number of piperidine rings is 1. The number of aromatic nitrogens is 2. The summed E-state index contributed by atoms with van der Waals surface area (Å²) in [6.45, 7) is 8.89. The van der Waals surface area contributed by atoms with Crippen LogP contribution in [0.4, 0.5) is 10.6 Å². The molecule has 4 rings (SSSR count). The van der Waals surface area contributed by atoms with Gasteiger partial charge in [-0.2, -0.15) is 5.10 Å². The average molecular weight is 574 g/mol. The van der Waals surface area contributed by atoms with Gasteiger partial charge >= 0.3 is 6.09 Å². The molecule has 0 unspecified atom stereocenters. The highest BCUT2D eigenvalue weighted by molar-refractivity contribution is 6.31. The minimum absolute atomic E-state index is 0.0258. The number of nitrogens with one attached hydrogen (secondary N) is 1. The first-order valence-electron chi connectivity index (χ1n) is 13.9. The smallest absolute Gasteiger partial charge is 0.407 e. The zero-order valence-electron chi connectivity index (χ0n) is 24.0. The fourth-order valence-electron chi connectivity index (χ4n) is 5.55. The molecule has 2 atom stereocenters. The van der Waals surface area contributed by atoms with E-state index < -0.39 is 17.7 Å². The van der Waals surface area contributed by atoms with Crippen molar-refractivity contribution in [1.29, 1.82) is 0 Å². The molecule has 40 heavy (non-hydrogen) atoms. The van der Waals surface area contributed by atoms with Gasteiger partial charge in [-0.05, 0) is 65.0 Å². The number of likely N-dealkylation sites (tertiary alicyclic amines) is 1. The van der Waals surface area contributed by atoms with E-state index in [4.69, 9.17) is 26.2 Å². The topological polar surface area (TPSA) is 106 Å². The molecule has 218 valence electrons. The van der Waals surface area contributed by atoms with Gasteiger partial charge in [-0.15, -0.1) is 0 Å². The number of Topliss-reactive ketones (excluding diaryl/α,β-unsaturated/α-hetero) is 1. The molecule has 3 heterocycles. The summed E-state index contributed by atoms with van der Waals surface area (Å²) in [5.74, 6) is 0.456. The first-order valence-corrected chi connectivity index (χ1v) is 14.2. The van der Waals surface area contributed by atoms with Gasteiger partial charge in [0.25, 0.3) is 5.91 Å². The van der Waals surface area contributed by atoms with E-state index in [0.29, 0.717) is 43.2 Å². The number of ether oxygens (including phenoxy) is 2. The van der Waals surface area contributed by atoms with Gasteiger partial charge in [0, 0.05) is 49.8 Å². The predicted molar refractivity (Wildman–Crippen MR) is 153 cm³/mol. The lowest BCUT2D eigenvalue weighted by atomic mass is 10.0. The lowest BCUT2D eigenvalue weighted by Crippen LogP contribution is -2.49. The Hall–Kier alpha value is -3.11. The van der Waals surface area contributed by atoms with E-state index in [1.54, 1.807) is 16.7 Å². The quantitative estimate of drug-likeness (QED) is 0.498. The molecule has 2 saturated heterocycles. The summed E-state index contributed by atoms with van der Waals surface area (Å²) in [6, 6.07) is 6.94. The van der Waals surface area contributed by atoms with Gasteiger partial charge in [-0.1, -0.05) is 29.8 Å². The van der Waals surface area contributed by atoms with Gasteiger partial charge in [0.05, 0.1) is 6.04 Å². The summed E-state index contributed by atoms with van der Waals surface area (Å²) in [6.07, 6.45) is 2.96. The Morgan fingerprint density at radius 1 is 1.12 bits per heavy atom. The molecule has 2 fully saturated rings. The number of nitrogens with zero attached hydrogens (tertiary/aromatic N) is 4. The first-order chi connectivity index (χ1) is 19.0. The maximum Gasteiger partial charge on any atom is 0.407 e. The third kappa shape index (κ3) is 6.96. The Balaban J connectivity index is 1.73. The van der Waals surface area contributed by atoms with Crippen molar-refractivity contribution in [2.45, 2.75) is 84.2 Å². The van der Waals surface area contributed by atoms with Crippen molar-refractivity contribution >= 4 is 35.2 Å². The fraction of sp³-hybridized carbons (Fsp3) is 0.586. The summed E-state index contributed by atoms with van der Waals surface area (Å²) in [7, 11) is 1.58. The Morgan fingerprint density at radius 2 is 1.85 bits per heavy atom. The Bertz CT molecular complexity index is 1240. The van der Waals surface area contributed by atoms with Gasteiger partial charge in [0.1, 0.15) is 18.1 Å². The van der Waals surface area contributed by atoms with Crippen LogP contribution in [0.25, 0.3) is 0 Å². The number of carbonyl (C=O) groups is 3. The van der Waals surface area contributed by atoms with Crippen molar-refractivity contribution in [2.24, 2.45) is 0 Å². The van der Waals surface area contributed by atoms with Crippen LogP contribution in [0.2, 0.25) is 5.02 Å². The lowest BCUT2D eigenvalue weighted by molar-refractivity contribution is -0.120. The summed E-state index contributed by atoms with van der Waals surface area (Å²) in [4.78, 5) is 42.6. The number of halogens is 1. The monoisotopic (exact) mass is 573 g/mol. The number of hydrogen-bond donors (Lipinski definition) is 1. The lowest BCUT2D eigenvalue weighted by Gasteiger charge is -2.35. The zero-order chi connectivity index (χ0) is 29.0. The van der Waals surface area contributed by atoms with Crippen LogP contribution in [0.5, 0.6) is 0 Å². The van der Waals surface area contributed by atoms with Gasteiger partial charge in [0.2, 0.25) is 0 Å². The molecule has 0 spiro atoms. The number of rotatable bonds is 8. The third-order valence-electron chi connectivity index (χ3n) is 7.22. The van der Waals surface area contributed by atoms with Crippen molar-refractivity contribution in [1.82, 2.24) is 20.0 Å². The van der Waals surface area contributed by atoms with E-state index in [1.165, 1.54) is 6.92 Å². The van der Waals surface area contributed by atoms with E-state index >= 15 is 0 Å². The van der Waals surface area contributed by atoms with Crippen molar-refractivity contribution < 1.29 is 23.9 Å². The van der Waals surface area contributed by atoms with Crippen LogP contribution >= 0.6 is 11.6 Å². The van der Waals surface area contributed by atoms with E-state index in [9.17, 15) is 14.4 Å². The van der Waals surface area contributed by atoms with Crippen LogP contribution in [0.1, 0.15) is 75.0 Å². The minimum atomic E-state index is -0.597. The van der Waals surface area contributed by atoms with E-state index in [1.807, 2.05) is 45.0 Å². The second-order valence-corrected chi connectivity index (χ2v) is 11.9. The summed E-state index contributed by atoms with van der Waals surface area (Å²) < 4.78 is 12.7. The molecule has 0 aliphatic carbocycles. The zero-order valence-corrected chi connectivity index (χ0v) is 24.8. The fourth-order valence-corrected chi connectivity index (χ4v) is 5.76. The highest BCUT2D eigenvalue weighted by Gasteiger charge is 2.37. The average Bonchev–Trinajstić information content (AvgIpc) is 3.50. The Morgan fingerprint density at radius 3 is 2.52 bits per heavy atom. The van der Waals surface area contributed by atoms with Crippen LogP contribution in [0.15, 0.2) is 24.3 Å². The molecular formula is C29H40ClN5O5. The van der Waals surface area contributed by atoms with Crippen molar-refractivity contribution in [3.63, 3.8) is 0 Å². The van der Waals surface area contributed by atoms with Crippen LogP contribution in [-0.4, -0.2) is 76.9 Å². The molecule has 0 saturated carbocycles. The number of benzene rings is 1. The highest BCUT2D eigenvalue weighted by atomic mass is 35.5. The molecular weight excluding hydrogens is 534 g/mol. The number of anilines is 1. The minimum Gasteiger partial charge on any atom is -0.444 e. The number of carbonyl (C=O) groups excluding carboxylic acids is 3. The third-order valence-corrected chi connectivity index (χ3v) is 7.59. The molecule has 10 nitrogen and oxygen atoms in total. The molecule has 2 aromatic rings. The van der Waals surface area contributed by atoms with E-state index in [0.717, 1.165) is 36.2 Å².